The third-order valence-corrected chi connectivity index (χ3v) is 3.06. The molecular weight excluding hydrogens is 262 g/mol. The second-order valence-corrected chi connectivity index (χ2v) is 5.86. The van der Waals surface area contributed by atoms with Gasteiger partial charge in [0, 0.05) is 28.7 Å². The Hall–Kier alpha value is -1.82. The Bertz CT molecular complexity index is 576. The van der Waals surface area contributed by atoms with E-state index in [-0.39, 0.29) is 5.41 Å². The third-order valence-electron chi connectivity index (χ3n) is 2.46. The fourth-order valence-corrected chi connectivity index (χ4v) is 2.16. The van der Waals surface area contributed by atoms with Crippen molar-refractivity contribution in [3.8, 4) is 16.7 Å². The first-order valence-electron chi connectivity index (χ1n) is 5.85. The van der Waals surface area contributed by atoms with Gasteiger partial charge in [-0.25, -0.2) is 0 Å². The molecular formula is C13H17N3O2S. The number of nitrogens with zero attached hydrogens (tertiary/aromatic N) is 2. The van der Waals surface area contributed by atoms with Gasteiger partial charge >= 0.3 is 0 Å². The van der Waals surface area contributed by atoms with E-state index in [9.17, 15) is 0 Å². The van der Waals surface area contributed by atoms with E-state index in [1.807, 2.05) is 0 Å². The molecule has 1 heterocycles. The summed E-state index contributed by atoms with van der Waals surface area (Å²) in [5.74, 6) is 1.91. The van der Waals surface area contributed by atoms with Crippen LogP contribution in [0.3, 0.4) is 0 Å². The zero-order valence-corrected chi connectivity index (χ0v) is 12.2. The third kappa shape index (κ3) is 3.14. The number of nitrogen functional groups attached to an aromatic ring is 1. The maximum atomic E-state index is 5.74. The van der Waals surface area contributed by atoms with Crippen LogP contribution in [0, 0.1) is 0 Å². The lowest BCUT2D eigenvalue weighted by Crippen LogP contribution is -2.12. The second kappa shape index (κ2) is 5.05. The molecule has 0 bridgehead atoms. The summed E-state index contributed by atoms with van der Waals surface area (Å²) in [5.41, 5.74) is 6.25. The van der Waals surface area contributed by atoms with Gasteiger partial charge in [0.05, 0.1) is 7.11 Å². The van der Waals surface area contributed by atoms with Gasteiger partial charge in [-0.15, -0.1) is 0 Å². The van der Waals surface area contributed by atoms with Crippen LogP contribution in [0.4, 0.5) is 5.69 Å². The molecule has 0 amide bonds. The number of anilines is 1. The standard InChI is InChI=1S/C13H17N3O2S/c1-13(2,3)11-15-12(19-16-11)18-10-7-8(14)5-6-9(10)17-4/h5-7H,14H2,1-4H3. The van der Waals surface area contributed by atoms with Crippen LogP contribution in [0.2, 0.25) is 0 Å². The number of rotatable bonds is 3. The molecule has 1 aromatic carbocycles. The molecule has 0 spiro atoms. The highest BCUT2D eigenvalue weighted by Gasteiger charge is 2.20. The number of hydrogen-bond acceptors (Lipinski definition) is 6. The van der Waals surface area contributed by atoms with Gasteiger partial charge in [-0.05, 0) is 12.1 Å². The van der Waals surface area contributed by atoms with Gasteiger partial charge in [0.1, 0.15) is 0 Å². The van der Waals surface area contributed by atoms with E-state index in [0.717, 1.165) is 5.82 Å². The van der Waals surface area contributed by atoms with E-state index < -0.39 is 0 Å². The molecule has 0 fully saturated rings. The highest BCUT2D eigenvalue weighted by molar-refractivity contribution is 7.07. The Labute approximate surface area is 116 Å². The predicted octanol–water partition coefficient (Wildman–Crippen LogP) is 3.22. The Morgan fingerprint density at radius 2 is 1.95 bits per heavy atom. The van der Waals surface area contributed by atoms with Gasteiger partial charge in [-0.3, -0.25) is 0 Å². The van der Waals surface area contributed by atoms with Crippen LogP contribution in [-0.2, 0) is 5.41 Å². The molecule has 0 radical (unpaired) electrons. The molecule has 2 N–H and O–H groups in total. The summed E-state index contributed by atoms with van der Waals surface area (Å²) in [4.78, 5) is 4.37. The lowest BCUT2D eigenvalue weighted by Gasteiger charge is -2.12. The molecule has 0 saturated carbocycles. The fourth-order valence-electron chi connectivity index (χ4n) is 1.42. The Kier molecular flexibility index (Phi) is 3.61. The van der Waals surface area contributed by atoms with Crippen molar-refractivity contribution in [2.75, 3.05) is 12.8 Å². The maximum Gasteiger partial charge on any atom is 0.298 e. The fraction of sp³-hybridized carbons (Fsp3) is 0.385. The van der Waals surface area contributed by atoms with Gasteiger partial charge in [0.2, 0.25) is 0 Å². The molecule has 2 aromatic rings. The van der Waals surface area contributed by atoms with Crippen molar-refractivity contribution in [3.63, 3.8) is 0 Å². The van der Waals surface area contributed by atoms with Crippen molar-refractivity contribution in [2.24, 2.45) is 0 Å². The van der Waals surface area contributed by atoms with E-state index in [2.05, 4.69) is 30.1 Å². The number of benzene rings is 1. The monoisotopic (exact) mass is 279 g/mol. The zero-order chi connectivity index (χ0) is 14.0. The number of nitrogens with two attached hydrogens (primary N) is 1. The normalized spacial score (nSPS) is 11.4. The molecule has 6 heteroatoms. The smallest absolute Gasteiger partial charge is 0.298 e. The zero-order valence-electron chi connectivity index (χ0n) is 11.4. The maximum absolute atomic E-state index is 5.74. The molecule has 0 aliphatic carbocycles. The second-order valence-electron chi connectivity index (χ2n) is 5.15. The number of hydrogen-bond donors (Lipinski definition) is 1. The first kappa shape index (κ1) is 13.6. The van der Waals surface area contributed by atoms with E-state index in [1.165, 1.54) is 11.5 Å². The van der Waals surface area contributed by atoms with Gasteiger partial charge in [-0.2, -0.15) is 9.36 Å². The summed E-state index contributed by atoms with van der Waals surface area (Å²) < 4.78 is 15.2. The summed E-state index contributed by atoms with van der Waals surface area (Å²) in [6.45, 7) is 6.17. The predicted molar refractivity (Wildman–Crippen MR) is 76.1 cm³/mol. The SMILES string of the molecule is COc1ccc(N)cc1Oc1nc(C(C)(C)C)ns1. The minimum atomic E-state index is -0.0993. The topological polar surface area (TPSA) is 70.3 Å². The lowest BCUT2D eigenvalue weighted by molar-refractivity contribution is 0.377. The summed E-state index contributed by atoms with van der Waals surface area (Å²) in [6, 6.07) is 5.22. The van der Waals surface area contributed by atoms with Crippen LogP contribution < -0.4 is 15.2 Å². The van der Waals surface area contributed by atoms with Crippen LogP contribution in [-0.4, -0.2) is 16.5 Å². The van der Waals surface area contributed by atoms with Crippen molar-refractivity contribution in [2.45, 2.75) is 26.2 Å². The van der Waals surface area contributed by atoms with Gasteiger partial charge in [-0.1, -0.05) is 20.8 Å². The Morgan fingerprint density at radius 1 is 1.21 bits per heavy atom. The molecule has 5 nitrogen and oxygen atoms in total. The van der Waals surface area contributed by atoms with Crippen LogP contribution in [0.15, 0.2) is 18.2 Å². The van der Waals surface area contributed by atoms with E-state index in [4.69, 9.17) is 15.2 Å². The number of aromatic nitrogens is 2. The molecule has 0 atom stereocenters. The molecule has 0 aliphatic heterocycles. The van der Waals surface area contributed by atoms with Crippen LogP contribution in [0.25, 0.3) is 0 Å². The van der Waals surface area contributed by atoms with Crippen molar-refractivity contribution in [1.29, 1.82) is 0 Å². The highest BCUT2D eigenvalue weighted by atomic mass is 32.1. The molecule has 19 heavy (non-hydrogen) atoms. The van der Waals surface area contributed by atoms with E-state index >= 15 is 0 Å². The average molecular weight is 279 g/mol. The largest absolute Gasteiger partial charge is 0.493 e. The first-order valence-corrected chi connectivity index (χ1v) is 6.63. The summed E-state index contributed by atoms with van der Waals surface area (Å²) in [6.07, 6.45) is 0. The summed E-state index contributed by atoms with van der Waals surface area (Å²) >= 11 is 1.22. The van der Waals surface area contributed by atoms with Gasteiger partial charge in [0.25, 0.3) is 5.19 Å². The summed E-state index contributed by atoms with van der Waals surface area (Å²) in [7, 11) is 1.58. The first-order chi connectivity index (χ1) is 8.90. The van der Waals surface area contributed by atoms with E-state index in [0.29, 0.717) is 22.4 Å². The minimum Gasteiger partial charge on any atom is -0.493 e. The molecule has 102 valence electrons. The average Bonchev–Trinajstić information content (AvgIpc) is 2.77. The Morgan fingerprint density at radius 3 is 2.53 bits per heavy atom. The minimum absolute atomic E-state index is 0.0993. The number of ether oxygens (including phenoxy) is 2. The van der Waals surface area contributed by atoms with E-state index in [1.54, 1.807) is 25.3 Å². The van der Waals surface area contributed by atoms with Crippen molar-refractivity contribution in [1.82, 2.24) is 9.36 Å². The molecule has 2 rings (SSSR count). The van der Waals surface area contributed by atoms with Crippen molar-refractivity contribution in [3.05, 3.63) is 24.0 Å². The van der Waals surface area contributed by atoms with Gasteiger partial charge in [0.15, 0.2) is 17.3 Å². The lowest BCUT2D eigenvalue weighted by atomic mass is 9.96. The van der Waals surface area contributed by atoms with Crippen LogP contribution in [0.5, 0.6) is 16.7 Å². The highest BCUT2D eigenvalue weighted by Crippen LogP contribution is 2.34. The van der Waals surface area contributed by atoms with Crippen molar-refractivity contribution < 1.29 is 9.47 Å². The molecule has 0 saturated heterocycles. The van der Waals surface area contributed by atoms with Crippen molar-refractivity contribution >= 4 is 17.2 Å². The van der Waals surface area contributed by atoms with Gasteiger partial charge < -0.3 is 15.2 Å². The van der Waals surface area contributed by atoms with Crippen LogP contribution >= 0.6 is 11.5 Å². The number of methoxy groups -OCH3 is 1. The molecule has 0 unspecified atom stereocenters. The quantitative estimate of drug-likeness (QED) is 0.873. The Balaban J connectivity index is 2.26. The molecule has 1 aromatic heterocycles. The molecule has 0 aliphatic rings. The summed E-state index contributed by atoms with van der Waals surface area (Å²) in [5, 5.41) is 0.480. The van der Waals surface area contributed by atoms with Crippen LogP contribution in [0.1, 0.15) is 26.6 Å².